The van der Waals surface area contributed by atoms with E-state index in [9.17, 15) is 4.79 Å². The van der Waals surface area contributed by atoms with E-state index in [1.54, 1.807) is 6.20 Å². The van der Waals surface area contributed by atoms with E-state index >= 15 is 0 Å². The molecule has 1 saturated heterocycles. The van der Waals surface area contributed by atoms with Gasteiger partial charge in [0.1, 0.15) is 0 Å². The first-order valence-corrected chi connectivity index (χ1v) is 6.52. The number of hydrogen-bond donors (Lipinski definition) is 0. The zero-order valence-electron chi connectivity index (χ0n) is 10.8. The van der Waals surface area contributed by atoms with E-state index in [-0.39, 0.29) is 5.97 Å². The zero-order chi connectivity index (χ0) is 12.8. The lowest BCUT2D eigenvalue weighted by molar-refractivity contribution is -0.141. The number of carbonyl (C=O) groups is 1. The average molecular weight is 248 g/mol. The highest BCUT2D eigenvalue weighted by Gasteiger charge is 2.24. The number of ether oxygens (including phenoxy) is 1. The van der Waals surface area contributed by atoms with Crippen LogP contribution in [0.3, 0.4) is 0 Å². The van der Waals surface area contributed by atoms with Crippen molar-refractivity contribution < 1.29 is 9.53 Å². The molecule has 1 atom stereocenters. The van der Waals surface area contributed by atoms with Crippen molar-refractivity contribution in [2.45, 2.75) is 31.7 Å². The van der Waals surface area contributed by atoms with Crippen molar-refractivity contribution >= 4 is 5.97 Å². The molecule has 98 valence electrons. The van der Waals surface area contributed by atoms with E-state index in [1.807, 2.05) is 12.3 Å². The maximum Gasteiger partial charge on any atom is 0.306 e. The predicted molar refractivity (Wildman–Crippen MR) is 69.0 cm³/mol. The number of esters is 1. The van der Waals surface area contributed by atoms with Gasteiger partial charge >= 0.3 is 5.97 Å². The Labute approximate surface area is 108 Å². The van der Waals surface area contributed by atoms with Crippen LogP contribution in [0.25, 0.3) is 0 Å². The van der Waals surface area contributed by atoms with Gasteiger partial charge in [0.25, 0.3) is 0 Å². The Balaban J connectivity index is 2.00. The minimum absolute atomic E-state index is 0.134. The number of nitrogens with zero attached hydrogens (tertiary/aromatic N) is 2. The molecule has 0 radical (unpaired) electrons. The van der Waals surface area contributed by atoms with Gasteiger partial charge < -0.3 is 4.74 Å². The van der Waals surface area contributed by atoms with Crippen molar-refractivity contribution in [3.05, 3.63) is 30.1 Å². The molecule has 0 bridgehead atoms. The van der Waals surface area contributed by atoms with Gasteiger partial charge in [0.05, 0.1) is 13.5 Å². The smallest absolute Gasteiger partial charge is 0.306 e. The fraction of sp³-hybridized carbons (Fsp3) is 0.571. The lowest BCUT2D eigenvalue weighted by Crippen LogP contribution is -2.35. The third-order valence-corrected chi connectivity index (χ3v) is 3.51. The minimum Gasteiger partial charge on any atom is -0.469 e. The van der Waals surface area contributed by atoms with Crippen LogP contribution in [0, 0.1) is 0 Å². The molecule has 0 amide bonds. The Morgan fingerprint density at radius 3 is 3.17 bits per heavy atom. The molecular weight excluding hydrogens is 228 g/mol. The van der Waals surface area contributed by atoms with Crippen LogP contribution in [0.5, 0.6) is 0 Å². The molecule has 1 fully saturated rings. The number of hydrogen-bond acceptors (Lipinski definition) is 4. The van der Waals surface area contributed by atoms with Crippen molar-refractivity contribution in [2.75, 3.05) is 20.2 Å². The number of methoxy groups -OCH3 is 1. The van der Waals surface area contributed by atoms with Crippen molar-refractivity contribution in [3.8, 4) is 0 Å². The third kappa shape index (κ3) is 3.29. The van der Waals surface area contributed by atoms with Crippen LogP contribution in [-0.4, -0.2) is 36.1 Å². The molecule has 18 heavy (non-hydrogen) atoms. The van der Waals surface area contributed by atoms with Crippen molar-refractivity contribution in [3.63, 3.8) is 0 Å². The Hall–Kier alpha value is -1.42. The summed E-state index contributed by atoms with van der Waals surface area (Å²) in [6.45, 7) is 1.82. The number of piperidine rings is 1. The highest BCUT2D eigenvalue weighted by molar-refractivity contribution is 5.69. The topological polar surface area (TPSA) is 42.4 Å². The predicted octanol–water partition coefficient (Wildman–Crippen LogP) is 2.17. The molecule has 1 aromatic rings. The summed E-state index contributed by atoms with van der Waals surface area (Å²) >= 11 is 0. The van der Waals surface area contributed by atoms with Crippen LogP contribution in [-0.2, 0) is 9.53 Å². The van der Waals surface area contributed by atoms with Gasteiger partial charge in [0.2, 0.25) is 0 Å². The molecule has 2 rings (SSSR count). The van der Waals surface area contributed by atoms with Gasteiger partial charge in [-0.25, -0.2) is 0 Å². The Morgan fingerprint density at radius 1 is 1.56 bits per heavy atom. The van der Waals surface area contributed by atoms with Crippen LogP contribution in [0.1, 0.15) is 37.3 Å². The molecule has 4 nitrogen and oxygen atoms in total. The van der Waals surface area contributed by atoms with Gasteiger partial charge in [-0.05, 0) is 31.0 Å². The SMILES string of the molecule is COC(=O)CCN1CCCC[C@H]1c1cccnc1. The van der Waals surface area contributed by atoms with E-state index in [1.165, 1.54) is 25.5 Å². The van der Waals surface area contributed by atoms with Gasteiger partial charge in [0, 0.05) is 25.0 Å². The number of aromatic nitrogens is 1. The van der Waals surface area contributed by atoms with Gasteiger partial charge in [-0.2, -0.15) is 0 Å². The zero-order valence-corrected chi connectivity index (χ0v) is 10.8. The van der Waals surface area contributed by atoms with E-state index in [0.29, 0.717) is 12.5 Å². The normalized spacial score (nSPS) is 20.6. The minimum atomic E-state index is -0.134. The van der Waals surface area contributed by atoms with Crippen LogP contribution >= 0.6 is 0 Å². The van der Waals surface area contributed by atoms with E-state index in [2.05, 4.69) is 16.0 Å². The molecule has 0 unspecified atom stereocenters. The van der Waals surface area contributed by atoms with E-state index in [4.69, 9.17) is 4.74 Å². The second-order valence-electron chi connectivity index (χ2n) is 4.66. The van der Waals surface area contributed by atoms with Crippen LogP contribution < -0.4 is 0 Å². The Kier molecular flexibility index (Phi) is 4.70. The first-order chi connectivity index (χ1) is 8.81. The largest absolute Gasteiger partial charge is 0.469 e. The molecule has 1 aliphatic heterocycles. The Bertz CT molecular complexity index is 381. The van der Waals surface area contributed by atoms with Crippen molar-refractivity contribution in [1.29, 1.82) is 0 Å². The number of carbonyl (C=O) groups excluding carboxylic acids is 1. The third-order valence-electron chi connectivity index (χ3n) is 3.51. The van der Waals surface area contributed by atoms with Crippen LogP contribution in [0.15, 0.2) is 24.5 Å². The molecule has 2 heterocycles. The molecule has 1 aliphatic rings. The average Bonchev–Trinajstić information content (AvgIpc) is 2.46. The summed E-state index contributed by atoms with van der Waals surface area (Å²) in [7, 11) is 1.44. The van der Waals surface area contributed by atoms with Crippen LogP contribution in [0.2, 0.25) is 0 Å². The summed E-state index contributed by atoms with van der Waals surface area (Å²) in [6, 6.07) is 4.49. The molecule has 0 aromatic carbocycles. The second-order valence-corrected chi connectivity index (χ2v) is 4.66. The Morgan fingerprint density at radius 2 is 2.44 bits per heavy atom. The second kappa shape index (κ2) is 6.50. The fourth-order valence-corrected chi connectivity index (χ4v) is 2.55. The fourth-order valence-electron chi connectivity index (χ4n) is 2.55. The van der Waals surface area contributed by atoms with Crippen LogP contribution in [0.4, 0.5) is 0 Å². The summed E-state index contributed by atoms with van der Waals surface area (Å²) in [5.74, 6) is -0.134. The molecule has 1 aromatic heterocycles. The first-order valence-electron chi connectivity index (χ1n) is 6.52. The summed E-state index contributed by atoms with van der Waals surface area (Å²) in [5.41, 5.74) is 1.25. The quantitative estimate of drug-likeness (QED) is 0.766. The summed E-state index contributed by atoms with van der Waals surface area (Å²) in [6.07, 6.45) is 7.79. The molecule has 0 aliphatic carbocycles. The van der Waals surface area contributed by atoms with Gasteiger partial charge in [-0.3, -0.25) is 14.7 Å². The van der Waals surface area contributed by atoms with Crippen molar-refractivity contribution in [2.24, 2.45) is 0 Å². The molecular formula is C14H20N2O2. The standard InChI is InChI=1S/C14H20N2O2/c1-18-14(17)7-10-16-9-3-2-6-13(16)12-5-4-8-15-11-12/h4-5,8,11,13H,2-3,6-7,9-10H2,1H3/t13-/m0/s1. The first kappa shape index (κ1) is 13.0. The summed E-state index contributed by atoms with van der Waals surface area (Å²) in [4.78, 5) is 17.8. The maximum absolute atomic E-state index is 11.2. The van der Waals surface area contributed by atoms with Gasteiger partial charge in [-0.15, -0.1) is 0 Å². The highest BCUT2D eigenvalue weighted by Crippen LogP contribution is 2.30. The van der Waals surface area contributed by atoms with Crippen molar-refractivity contribution in [1.82, 2.24) is 9.88 Å². The molecule has 4 heteroatoms. The highest BCUT2D eigenvalue weighted by atomic mass is 16.5. The summed E-state index contributed by atoms with van der Waals surface area (Å²) in [5, 5.41) is 0. The number of likely N-dealkylation sites (tertiary alicyclic amines) is 1. The number of rotatable bonds is 4. The molecule has 0 N–H and O–H groups in total. The molecule has 0 spiro atoms. The summed E-state index contributed by atoms with van der Waals surface area (Å²) < 4.78 is 4.70. The number of pyridine rings is 1. The van der Waals surface area contributed by atoms with Gasteiger partial charge in [-0.1, -0.05) is 12.5 Å². The lowest BCUT2D eigenvalue weighted by Gasteiger charge is -2.35. The van der Waals surface area contributed by atoms with Gasteiger partial charge in [0.15, 0.2) is 0 Å². The maximum atomic E-state index is 11.2. The van der Waals surface area contributed by atoms with E-state index < -0.39 is 0 Å². The monoisotopic (exact) mass is 248 g/mol. The van der Waals surface area contributed by atoms with E-state index in [0.717, 1.165) is 19.5 Å². The lowest BCUT2D eigenvalue weighted by atomic mass is 9.96. The molecule has 0 saturated carbocycles.